The highest BCUT2D eigenvalue weighted by Crippen LogP contribution is 2.12. The van der Waals surface area contributed by atoms with Crippen LogP contribution in [0.2, 0.25) is 0 Å². The van der Waals surface area contributed by atoms with Gasteiger partial charge < -0.3 is 14.6 Å². The molecule has 0 spiro atoms. The van der Waals surface area contributed by atoms with Gasteiger partial charge in [-0.1, -0.05) is 18.2 Å². The van der Waals surface area contributed by atoms with Crippen LogP contribution in [0.3, 0.4) is 0 Å². The third kappa shape index (κ3) is 5.84. The fourth-order valence-corrected chi connectivity index (χ4v) is 1.64. The number of hydrogen-bond donors (Lipinski definition) is 1. The monoisotopic (exact) mass is 250 g/mol. The van der Waals surface area contributed by atoms with Crippen LogP contribution < -0.4 is 4.74 Å². The van der Waals surface area contributed by atoms with Gasteiger partial charge in [-0.2, -0.15) is 0 Å². The summed E-state index contributed by atoms with van der Waals surface area (Å²) in [6.07, 6.45) is 3.73. The molecule has 0 bridgehead atoms. The van der Waals surface area contributed by atoms with Crippen molar-refractivity contribution < 1.29 is 14.6 Å². The predicted molar refractivity (Wildman–Crippen MR) is 72.7 cm³/mol. The van der Waals surface area contributed by atoms with Gasteiger partial charge in [0.2, 0.25) is 0 Å². The van der Waals surface area contributed by atoms with Crippen LogP contribution >= 0.6 is 0 Å². The normalized spacial score (nSPS) is 12.1. The van der Waals surface area contributed by atoms with Gasteiger partial charge in [0.25, 0.3) is 0 Å². The molecule has 0 aliphatic carbocycles. The summed E-state index contributed by atoms with van der Waals surface area (Å²) in [6.45, 7) is 4.86. The van der Waals surface area contributed by atoms with Gasteiger partial charge in [-0.05, 0) is 37.0 Å². The Balaban J connectivity index is 2.11. The quantitative estimate of drug-likeness (QED) is 0.541. The third-order valence-electron chi connectivity index (χ3n) is 2.69. The maximum atomic E-state index is 9.48. The Morgan fingerprint density at radius 2 is 2.06 bits per heavy atom. The van der Waals surface area contributed by atoms with E-state index in [9.17, 15) is 5.11 Å². The van der Waals surface area contributed by atoms with Crippen molar-refractivity contribution in [2.75, 3.05) is 13.7 Å². The number of aliphatic hydroxyl groups is 1. The van der Waals surface area contributed by atoms with Crippen LogP contribution in [-0.4, -0.2) is 24.9 Å². The molecule has 1 N–H and O–H groups in total. The molecule has 0 saturated carbocycles. The first kappa shape index (κ1) is 14.7. The van der Waals surface area contributed by atoms with Crippen LogP contribution in [0.5, 0.6) is 5.75 Å². The molecule has 1 aromatic carbocycles. The summed E-state index contributed by atoms with van der Waals surface area (Å²) in [4.78, 5) is 0. The summed E-state index contributed by atoms with van der Waals surface area (Å²) < 4.78 is 10.6. The highest BCUT2D eigenvalue weighted by Gasteiger charge is 2.01. The van der Waals surface area contributed by atoms with Gasteiger partial charge in [0.1, 0.15) is 5.75 Å². The number of hydrogen-bond acceptors (Lipinski definition) is 3. The summed E-state index contributed by atoms with van der Waals surface area (Å²) in [5, 5.41) is 9.48. The van der Waals surface area contributed by atoms with E-state index in [4.69, 9.17) is 9.47 Å². The average Bonchev–Trinajstić information content (AvgIpc) is 2.39. The maximum absolute atomic E-state index is 9.48. The molecule has 1 rings (SSSR count). The Kier molecular flexibility index (Phi) is 7.14. The van der Waals surface area contributed by atoms with E-state index in [2.05, 4.69) is 6.58 Å². The summed E-state index contributed by atoms with van der Waals surface area (Å²) in [6, 6.07) is 7.83. The van der Waals surface area contributed by atoms with Crippen molar-refractivity contribution in [3.8, 4) is 5.75 Å². The number of aliphatic hydroxyl groups excluding tert-OH is 1. The first-order valence-electron chi connectivity index (χ1n) is 6.26. The fraction of sp³-hybridized carbons (Fsp3) is 0.467. The van der Waals surface area contributed by atoms with Crippen LogP contribution in [0.1, 0.15) is 24.8 Å². The zero-order chi connectivity index (χ0) is 13.2. The zero-order valence-electron chi connectivity index (χ0n) is 11.0. The molecule has 0 amide bonds. The van der Waals surface area contributed by atoms with E-state index in [1.165, 1.54) is 0 Å². The first-order valence-corrected chi connectivity index (χ1v) is 6.26. The second-order valence-electron chi connectivity index (χ2n) is 4.22. The lowest BCUT2D eigenvalue weighted by Gasteiger charge is -2.08. The van der Waals surface area contributed by atoms with Crippen LogP contribution in [0.15, 0.2) is 36.9 Å². The molecular weight excluding hydrogens is 228 g/mol. The molecule has 0 aliphatic rings. The molecule has 0 aromatic heterocycles. The molecule has 3 heteroatoms. The predicted octanol–water partition coefficient (Wildman–Crippen LogP) is 2.93. The molecular formula is C15H22O3. The molecule has 1 aromatic rings. The van der Waals surface area contributed by atoms with Gasteiger partial charge in [-0.3, -0.25) is 0 Å². The number of ether oxygens (including phenoxy) is 2. The largest absolute Gasteiger partial charge is 0.497 e. The van der Waals surface area contributed by atoms with E-state index in [1.54, 1.807) is 13.2 Å². The molecule has 18 heavy (non-hydrogen) atoms. The minimum Gasteiger partial charge on any atom is -0.497 e. The molecule has 0 heterocycles. The minimum atomic E-state index is -0.285. The molecule has 0 unspecified atom stereocenters. The molecule has 3 nitrogen and oxygen atoms in total. The van der Waals surface area contributed by atoms with E-state index in [0.29, 0.717) is 19.6 Å². The van der Waals surface area contributed by atoms with Crippen molar-refractivity contribution in [3.63, 3.8) is 0 Å². The summed E-state index contributed by atoms with van der Waals surface area (Å²) in [5.41, 5.74) is 1.13. The average molecular weight is 250 g/mol. The van der Waals surface area contributed by atoms with E-state index in [0.717, 1.165) is 24.2 Å². The van der Waals surface area contributed by atoms with Gasteiger partial charge in [-0.25, -0.2) is 0 Å². The van der Waals surface area contributed by atoms with Crippen molar-refractivity contribution in [3.05, 3.63) is 42.5 Å². The standard InChI is InChI=1S/C15H22O3/c1-3-5-14(16)6-4-11-18-12-13-7-9-15(17-2)10-8-13/h3,7-10,14,16H,1,4-6,11-12H2,2H3/t14-/m1/s1. The second-order valence-corrected chi connectivity index (χ2v) is 4.22. The van der Waals surface area contributed by atoms with Crippen LogP contribution in [0.4, 0.5) is 0 Å². The van der Waals surface area contributed by atoms with Crippen molar-refractivity contribution in [1.29, 1.82) is 0 Å². The Morgan fingerprint density at radius 3 is 2.67 bits per heavy atom. The lowest BCUT2D eigenvalue weighted by Crippen LogP contribution is -2.06. The molecule has 1 atom stereocenters. The van der Waals surface area contributed by atoms with Crippen LogP contribution in [0.25, 0.3) is 0 Å². The maximum Gasteiger partial charge on any atom is 0.118 e. The molecule has 0 saturated heterocycles. The van der Waals surface area contributed by atoms with Crippen LogP contribution in [0, 0.1) is 0 Å². The van der Waals surface area contributed by atoms with Crippen molar-refractivity contribution in [1.82, 2.24) is 0 Å². The second kappa shape index (κ2) is 8.72. The third-order valence-corrected chi connectivity index (χ3v) is 2.69. The van der Waals surface area contributed by atoms with Gasteiger partial charge in [-0.15, -0.1) is 6.58 Å². The summed E-state index contributed by atoms with van der Waals surface area (Å²) >= 11 is 0. The topological polar surface area (TPSA) is 38.7 Å². The summed E-state index contributed by atoms with van der Waals surface area (Å²) in [5.74, 6) is 0.853. The Morgan fingerprint density at radius 1 is 1.33 bits per heavy atom. The molecule has 0 fully saturated rings. The Hall–Kier alpha value is -1.32. The molecule has 0 radical (unpaired) electrons. The highest BCUT2D eigenvalue weighted by molar-refractivity contribution is 5.26. The summed E-state index contributed by atoms with van der Waals surface area (Å²) in [7, 11) is 1.65. The van der Waals surface area contributed by atoms with Gasteiger partial charge in [0.15, 0.2) is 0 Å². The van der Waals surface area contributed by atoms with E-state index in [1.807, 2.05) is 24.3 Å². The fourth-order valence-electron chi connectivity index (χ4n) is 1.64. The SMILES string of the molecule is C=CC[C@@H](O)CCCOCc1ccc(OC)cc1. The van der Waals surface area contributed by atoms with Crippen molar-refractivity contribution in [2.24, 2.45) is 0 Å². The number of benzene rings is 1. The van der Waals surface area contributed by atoms with E-state index in [-0.39, 0.29) is 6.10 Å². The smallest absolute Gasteiger partial charge is 0.118 e. The van der Waals surface area contributed by atoms with Crippen molar-refractivity contribution >= 4 is 0 Å². The Labute approximate surface area is 109 Å². The lowest BCUT2D eigenvalue weighted by atomic mass is 10.1. The first-order chi connectivity index (χ1) is 8.76. The van der Waals surface area contributed by atoms with E-state index >= 15 is 0 Å². The van der Waals surface area contributed by atoms with Crippen LogP contribution in [-0.2, 0) is 11.3 Å². The number of rotatable bonds is 9. The van der Waals surface area contributed by atoms with Gasteiger partial charge in [0, 0.05) is 6.61 Å². The van der Waals surface area contributed by atoms with Gasteiger partial charge in [0.05, 0.1) is 19.8 Å². The zero-order valence-corrected chi connectivity index (χ0v) is 11.0. The molecule has 100 valence electrons. The Bertz CT molecular complexity index is 332. The molecule has 0 aliphatic heterocycles. The van der Waals surface area contributed by atoms with Crippen molar-refractivity contribution in [2.45, 2.75) is 32.0 Å². The van der Waals surface area contributed by atoms with Gasteiger partial charge >= 0.3 is 0 Å². The highest BCUT2D eigenvalue weighted by atomic mass is 16.5. The van der Waals surface area contributed by atoms with E-state index < -0.39 is 0 Å². The minimum absolute atomic E-state index is 0.285. The lowest BCUT2D eigenvalue weighted by molar-refractivity contribution is 0.0979. The number of methoxy groups -OCH3 is 1.